The highest BCUT2D eigenvalue weighted by molar-refractivity contribution is 9.10. The minimum Gasteiger partial charge on any atom is -0.468 e. The van der Waals surface area contributed by atoms with E-state index in [4.69, 9.17) is 4.74 Å². The molecule has 9 heteroatoms. The van der Waals surface area contributed by atoms with Gasteiger partial charge in [-0.1, -0.05) is 22.0 Å². The Kier molecular flexibility index (Phi) is 6.39. The van der Waals surface area contributed by atoms with Gasteiger partial charge < -0.3 is 15.4 Å². The van der Waals surface area contributed by atoms with Crippen molar-refractivity contribution in [1.29, 1.82) is 0 Å². The van der Waals surface area contributed by atoms with Gasteiger partial charge in [0.1, 0.15) is 18.0 Å². The maximum absolute atomic E-state index is 11.4. The normalized spacial score (nSPS) is 15.1. The van der Waals surface area contributed by atoms with E-state index in [1.807, 2.05) is 30.3 Å². The first-order valence-corrected chi connectivity index (χ1v) is 10.6. The molecule has 0 saturated carbocycles. The summed E-state index contributed by atoms with van der Waals surface area (Å²) in [5.74, 6) is 1.33. The predicted octanol–water partition coefficient (Wildman–Crippen LogP) is 3.58. The zero-order chi connectivity index (χ0) is 20.9. The number of piperidine rings is 1. The van der Waals surface area contributed by atoms with Gasteiger partial charge in [0.05, 0.1) is 25.4 Å². The lowest BCUT2D eigenvalue weighted by Crippen LogP contribution is -2.41. The summed E-state index contributed by atoms with van der Waals surface area (Å²) in [4.78, 5) is 26.8. The number of likely N-dealkylation sites (tertiary alicyclic amines) is 1. The van der Waals surface area contributed by atoms with Crippen molar-refractivity contribution < 1.29 is 9.53 Å². The number of ether oxygens (including phenoxy) is 1. The van der Waals surface area contributed by atoms with Crippen LogP contribution in [0, 0.1) is 0 Å². The van der Waals surface area contributed by atoms with Gasteiger partial charge in [-0.05, 0) is 37.1 Å². The highest BCUT2D eigenvalue weighted by Gasteiger charge is 2.21. The standard InChI is InChI=1S/C21H23BrN6O2/c1-30-20(29)12-28-7-5-15(6-8-28)26-19-10-17-18(11-23-19)24-13-25-21(17)27-16-4-2-3-14(22)9-16/h2-4,9-11,13,15H,5-8,12H2,1H3,(H,23,26)(H,24,25,27). The van der Waals surface area contributed by atoms with E-state index in [-0.39, 0.29) is 5.97 Å². The van der Waals surface area contributed by atoms with Gasteiger partial charge in [-0.25, -0.2) is 15.0 Å². The molecule has 2 N–H and O–H groups in total. The lowest BCUT2D eigenvalue weighted by Gasteiger charge is -2.31. The molecule has 8 nitrogen and oxygen atoms in total. The van der Waals surface area contributed by atoms with Crippen molar-refractivity contribution in [2.75, 3.05) is 37.4 Å². The Morgan fingerprint density at radius 1 is 1.23 bits per heavy atom. The number of esters is 1. The molecule has 0 bridgehead atoms. The van der Waals surface area contributed by atoms with E-state index in [0.29, 0.717) is 12.6 Å². The van der Waals surface area contributed by atoms with Crippen molar-refractivity contribution in [1.82, 2.24) is 19.9 Å². The summed E-state index contributed by atoms with van der Waals surface area (Å²) < 4.78 is 5.74. The summed E-state index contributed by atoms with van der Waals surface area (Å²) in [6.45, 7) is 2.04. The Morgan fingerprint density at radius 2 is 2.07 bits per heavy atom. The smallest absolute Gasteiger partial charge is 0.319 e. The Labute approximate surface area is 183 Å². The first-order valence-electron chi connectivity index (χ1n) is 9.80. The van der Waals surface area contributed by atoms with Crippen LogP contribution in [0.15, 0.2) is 47.3 Å². The van der Waals surface area contributed by atoms with Crippen molar-refractivity contribution >= 4 is 50.1 Å². The number of hydrogen-bond acceptors (Lipinski definition) is 8. The third-order valence-corrected chi connectivity index (χ3v) is 5.62. The first-order chi connectivity index (χ1) is 14.6. The molecule has 0 unspecified atom stereocenters. The molecule has 0 amide bonds. The van der Waals surface area contributed by atoms with E-state index >= 15 is 0 Å². The van der Waals surface area contributed by atoms with Crippen LogP contribution in [0.4, 0.5) is 17.3 Å². The van der Waals surface area contributed by atoms with Crippen LogP contribution in [0.3, 0.4) is 0 Å². The monoisotopic (exact) mass is 470 g/mol. The Bertz CT molecular complexity index is 1040. The molecule has 156 valence electrons. The van der Waals surface area contributed by atoms with Gasteiger partial charge >= 0.3 is 5.97 Å². The summed E-state index contributed by atoms with van der Waals surface area (Å²) in [7, 11) is 1.42. The van der Waals surface area contributed by atoms with Gasteiger partial charge in [-0.15, -0.1) is 0 Å². The number of rotatable bonds is 6. The van der Waals surface area contributed by atoms with Crippen molar-refractivity contribution in [3.05, 3.63) is 47.3 Å². The summed E-state index contributed by atoms with van der Waals surface area (Å²) in [6, 6.07) is 10.2. The van der Waals surface area contributed by atoms with Gasteiger partial charge in [0.15, 0.2) is 0 Å². The molecule has 2 aromatic heterocycles. The second-order valence-corrected chi connectivity index (χ2v) is 8.13. The van der Waals surface area contributed by atoms with E-state index in [1.54, 1.807) is 6.20 Å². The number of halogens is 1. The number of pyridine rings is 1. The van der Waals surface area contributed by atoms with E-state index in [1.165, 1.54) is 13.4 Å². The average Bonchev–Trinajstić information content (AvgIpc) is 2.75. The first kappa shape index (κ1) is 20.5. The average molecular weight is 471 g/mol. The Balaban J connectivity index is 1.46. The molecule has 1 saturated heterocycles. The third kappa shape index (κ3) is 5.03. The molecule has 1 aliphatic rings. The van der Waals surface area contributed by atoms with Crippen LogP contribution in [-0.4, -0.2) is 58.6 Å². The molecular weight excluding hydrogens is 448 g/mol. The lowest BCUT2D eigenvalue weighted by molar-refractivity contribution is -0.142. The third-order valence-electron chi connectivity index (χ3n) is 5.13. The molecule has 30 heavy (non-hydrogen) atoms. The fourth-order valence-electron chi connectivity index (χ4n) is 3.53. The molecule has 0 atom stereocenters. The van der Waals surface area contributed by atoms with Crippen molar-refractivity contribution in [3.63, 3.8) is 0 Å². The molecule has 1 fully saturated rings. The maximum Gasteiger partial charge on any atom is 0.319 e. The Morgan fingerprint density at radius 3 is 2.83 bits per heavy atom. The van der Waals surface area contributed by atoms with Crippen molar-refractivity contribution in [3.8, 4) is 0 Å². The molecule has 0 aliphatic carbocycles. The number of anilines is 3. The van der Waals surface area contributed by atoms with Gasteiger partial charge in [-0.2, -0.15) is 0 Å². The number of fused-ring (bicyclic) bond motifs is 1. The highest BCUT2D eigenvalue weighted by Crippen LogP contribution is 2.26. The molecule has 3 heterocycles. The molecule has 3 aromatic rings. The number of hydrogen-bond donors (Lipinski definition) is 2. The van der Waals surface area contributed by atoms with E-state index in [0.717, 1.165) is 58.6 Å². The minimum atomic E-state index is -0.192. The number of benzene rings is 1. The fraction of sp³-hybridized carbons (Fsp3) is 0.333. The highest BCUT2D eigenvalue weighted by atomic mass is 79.9. The van der Waals surface area contributed by atoms with Crippen LogP contribution in [0.2, 0.25) is 0 Å². The van der Waals surface area contributed by atoms with Gasteiger partial charge in [-0.3, -0.25) is 9.69 Å². The van der Waals surface area contributed by atoms with Gasteiger partial charge in [0, 0.05) is 34.7 Å². The maximum atomic E-state index is 11.4. The van der Waals surface area contributed by atoms with Crippen LogP contribution < -0.4 is 10.6 Å². The van der Waals surface area contributed by atoms with Crippen LogP contribution in [0.25, 0.3) is 10.9 Å². The summed E-state index contributed by atoms with van der Waals surface area (Å²) in [6.07, 6.45) is 5.17. The minimum absolute atomic E-state index is 0.192. The molecular formula is C21H23BrN6O2. The van der Waals surface area contributed by atoms with Crippen LogP contribution in [0.1, 0.15) is 12.8 Å². The van der Waals surface area contributed by atoms with Crippen LogP contribution in [0.5, 0.6) is 0 Å². The molecule has 4 rings (SSSR count). The zero-order valence-electron chi connectivity index (χ0n) is 16.6. The number of nitrogens with zero attached hydrogens (tertiary/aromatic N) is 4. The van der Waals surface area contributed by atoms with E-state index in [9.17, 15) is 4.79 Å². The number of aromatic nitrogens is 3. The number of carbonyl (C=O) groups is 1. The zero-order valence-corrected chi connectivity index (χ0v) is 18.2. The topological polar surface area (TPSA) is 92.3 Å². The fourth-order valence-corrected chi connectivity index (χ4v) is 3.93. The molecule has 0 spiro atoms. The lowest BCUT2D eigenvalue weighted by atomic mass is 10.1. The quantitative estimate of drug-likeness (QED) is 0.528. The molecule has 1 aromatic carbocycles. The van der Waals surface area contributed by atoms with Crippen molar-refractivity contribution in [2.45, 2.75) is 18.9 Å². The van der Waals surface area contributed by atoms with E-state index in [2.05, 4.69) is 46.4 Å². The van der Waals surface area contributed by atoms with Crippen LogP contribution >= 0.6 is 15.9 Å². The SMILES string of the molecule is COC(=O)CN1CCC(Nc2cc3c(Nc4cccc(Br)c4)ncnc3cn2)CC1. The largest absolute Gasteiger partial charge is 0.468 e. The van der Waals surface area contributed by atoms with Gasteiger partial charge in [0.2, 0.25) is 0 Å². The second-order valence-electron chi connectivity index (χ2n) is 7.22. The van der Waals surface area contributed by atoms with E-state index < -0.39 is 0 Å². The number of carbonyl (C=O) groups excluding carboxylic acids is 1. The van der Waals surface area contributed by atoms with Gasteiger partial charge in [0.25, 0.3) is 0 Å². The summed E-state index contributed by atoms with van der Waals surface area (Å²) in [5, 5.41) is 7.78. The Hall–Kier alpha value is -2.78. The number of nitrogens with one attached hydrogen (secondary N) is 2. The molecule has 1 aliphatic heterocycles. The van der Waals surface area contributed by atoms with Crippen LogP contribution in [-0.2, 0) is 9.53 Å². The van der Waals surface area contributed by atoms with Crippen molar-refractivity contribution in [2.24, 2.45) is 0 Å². The summed E-state index contributed by atoms with van der Waals surface area (Å²) >= 11 is 3.49. The molecule has 0 radical (unpaired) electrons. The second kappa shape index (κ2) is 9.36. The number of methoxy groups -OCH3 is 1. The summed E-state index contributed by atoms with van der Waals surface area (Å²) in [5.41, 5.74) is 1.72. The predicted molar refractivity (Wildman–Crippen MR) is 120 cm³/mol.